The number of hydrogen-bond acceptors (Lipinski definition) is 4. The van der Waals surface area contributed by atoms with Crippen molar-refractivity contribution < 1.29 is 4.74 Å². The lowest BCUT2D eigenvalue weighted by molar-refractivity contribution is 0.298. The average molecular weight is 267 g/mol. The summed E-state index contributed by atoms with van der Waals surface area (Å²) in [6.07, 6.45) is 2.54. The van der Waals surface area contributed by atoms with Gasteiger partial charge in [0.2, 0.25) is 0 Å². The fourth-order valence-electron chi connectivity index (χ4n) is 1.68. The van der Waals surface area contributed by atoms with Gasteiger partial charge in [0.05, 0.1) is 11.2 Å². The number of rotatable bonds is 5. The minimum atomic E-state index is 0.342. The van der Waals surface area contributed by atoms with E-state index in [9.17, 15) is 0 Å². The molecule has 0 atom stereocenters. The van der Waals surface area contributed by atoms with Gasteiger partial charge in [0, 0.05) is 7.05 Å². The molecule has 2 aromatic rings. The Morgan fingerprint density at radius 3 is 2.94 bits per heavy atom. The molecule has 0 saturated heterocycles. The first-order valence-electron chi connectivity index (χ1n) is 5.66. The van der Waals surface area contributed by atoms with Crippen LogP contribution in [0.3, 0.4) is 0 Å². The van der Waals surface area contributed by atoms with Crippen molar-refractivity contribution in [3.05, 3.63) is 40.7 Å². The van der Waals surface area contributed by atoms with Crippen molar-refractivity contribution in [3.63, 3.8) is 0 Å². The van der Waals surface area contributed by atoms with Crippen LogP contribution >= 0.6 is 11.6 Å². The van der Waals surface area contributed by atoms with Crippen molar-refractivity contribution in [1.82, 2.24) is 15.0 Å². The summed E-state index contributed by atoms with van der Waals surface area (Å²) in [5.74, 6) is 0.676. The molecule has 0 aliphatic heterocycles. The molecule has 6 heteroatoms. The van der Waals surface area contributed by atoms with Gasteiger partial charge in [0.1, 0.15) is 18.1 Å². The summed E-state index contributed by atoms with van der Waals surface area (Å²) in [7, 11) is 1.81. The number of hydrogen-bond donors (Lipinski definition) is 1. The standard InChI is InChI=1S/C12H15ClN4O/c1-17-7-10(15-16-17)8-18-12-9(5-6-14)3-2-4-11(12)13/h2-4,7H,5-6,8,14H2,1H3. The first kappa shape index (κ1) is 12.9. The molecule has 0 radical (unpaired) electrons. The van der Waals surface area contributed by atoms with Gasteiger partial charge in [-0.15, -0.1) is 5.10 Å². The normalized spacial score (nSPS) is 10.6. The summed E-state index contributed by atoms with van der Waals surface area (Å²) in [5, 5.41) is 8.39. The summed E-state index contributed by atoms with van der Waals surface area (Å²) in [6.45, 7) is 0.900. The molecule has 0 unspecified atom stereocenters. The van der Waals surface area contributed by atoms with E-state index in [0.717, 1.165) is 17.7 Å². The number of ether oxygens (including phenoxy) is 1. The molecule has 2 N–H and O–H groups in total. The number of benzene rings is 1. The first-order chi connectivity index (χ1) is 8.70. The van der Waals surface area contributed by atoms with Crippen LogP contribution < -0.4 is 10.5 Å². The molecule has 0 spiro atoms. The molecule has 0 aliphatic carbocycles. The highest BCUT2D eigenvalue weighted by Crippen LogP contribution is 2.29. The van der Waals surface area contributed by atoms with Gasteiger partial charge in [-0.2, -0.15) is 0 Å². The van der Waals surface area contributed by atoms with Crippen molar-refractivity contribution in [3.8, 4) is 5.75 Å². The smallest absolute Gasteiger partial charge is 0.141 e. The van der Waals surface area contributed by atoms with Crippen molar-refractivity contribution in [1.29, 1.82) is 0 Å². The largest absolute Gasteiger partial charge is 0.485 e. The van der Waals surface area contributed by atoms with E-state index >= 15 is 0 Å². The number of aryl methyl sites for hydroxylation is 1. The van der Waals surface area contributed by atoms with Crippen LogP contribution in [0.25, 0.3) is 0 Å². The maximum Gasteiger partial charge on any atom is 0.141 e. The topological polar surface area (TPSA) is 66.0 Å². The van der Waals surface area contributed by atoms with Crippen molar-refractivity contribution in [2.75, 3.05) is 6.54 Å². The van der Waals surface area contributed by atoms with E-state index in [4.69, 9.17) is 22.1 Å². The van der Waals surface area contributed by atoms with Gasteiger partial charge >= 0.3 is 0 Å². The Morgan fingerprint density at radius 2 is 2.28 bits per heavy atom. The SMILES string of the molecule is Cn1cc(COc2c(Cl)cccc2CCN)nn1. The molecule has 1 heterocycles. The van der Waals surface area contributed by atoms with Crippen LogP contribution in [0.5, 0.6) is 5.75 Å². The molecule has 2 rings (SSSR count). The molecule has 0 amide bonds. The molecule has 0 bridgehead atoms. The lowest BCUT2D eigenvalue weighted by atomic mass is 10.1. The predicted molar refractivity (Wildman–Crippen MR) is 69.5 cm³/mol. The Bertz CT molecular complexity index is 527. The third-order valence-electron chi connectivity index (χ3n) is 2.48. The fraction of sp³-hybridized carbons (Fsp3) is 0.333. The summed E-state index contributed by atoms with van der Waals surface area (Å²) in [5.41, 5.74) is 7.33. The van der Waals surface area contributed by atoms with Crippen LogP contribution in [0, 0.1) is 0 Å². The first-order valence-corrected chi connectivity index (χ1v) is 6.04. The Kier molecular flexibility index (Phi) is 4.17. The molecule has 18 heavy (non-hydrogen) atoms. The van der Waals surface area contributed by atoms with Crippen LogP contribution in [0.1, 0.15) is 11.3 Å². The minimum Gasteiger partial charge on any atom is -0.485 e. The molecule has 1 aromatic carbocycles. The molecule has 1 aromatic heterocycles. The highest BCUT2D eigenvalue weighted by atomic mass is 35.5. The summed E-state index contributed by atoms with van der Waals surface area (Å²) < 4.78 is 7.35. The zero-order valence-corrected chi connectivity index (χ0v) is 10.9. The van der Waals surface area contributed by atoms with Crippen molar-refractivity contribution in [2.24, 2.45) is 12.8 Å². The summed E-state index contributed by atoms with van der Waals surface area (Å²) in [6, 6.07) is 5.65. The molecule has 96 valence electrons. The maximum absolute atomic E-state index is 6.13. The fourth-order valence-corrected chi connectivity index (χ4v) is 1.92. The zero-order valence-electron chi connectivity index (χ0n) is 10.1. The van der Waals surface area contributed by atoms with Crippen molar-refractivity contribution >= 4 is 11.6 Å². The highest BCUT2D eigenvalue weighted by Gasteiger charge is 2.09. The quantitative estimate of drug-likeness (QED) is 0.892. The number of halogens is 1. The average Bonchev–Trinajstić information content (AvgIpc) is 2.75. The minimum absolute atomic E-state index is 0.342. The third kappa shape index (κ3) is 3.00. The van der Waals surface area contributed by atoms with E-state index < -0.39 is 0 Å². The molecule has 0 saturated carbocycles. The number of aromatic nitrogens is 3. The molecule has 5 nitrogen and oxygen atoms in total. The van der Waals surface area contributed by atoms with Crippen LogP contribution in [0.4, 0.5) is 0 Å². The second-order valence-electron chi connectivity index (χ2n) is 3.94. The van der Waals surface area contributed by atoms with Gasteiger partial charge in [-0.25, -0.2) is 0 Å². The van der Waals surface area contributed by atoms with E-state index in [1.807, 2.05) is 19.2 Å². The Labute approximate surface area is 111 Å². The molecular formula is C12H15ClN4O. The van der Waals surface area contributed by atoms with Gasteiger partial charge in [0.25, 0.3) is 0 Å². The van der Waals surface area contributed by atoms with Gasteiger partial charge in [0.15, 0.2) is 0 Å². The predicted octanol–water partition coefficient (Wildman–Crippen LogP) is 1.55. The second kappa shape index (κ2) is 5.84. The Hall–Kier alpha value is -1.59. The zero-order chi connectivity index (χ0) is 13.0. The van der Waals surface area contributed by atoms with Crippen LogP contribution in [0.2, 0.25) is 5.02 Å². The van der Waals surface area contributed by atoms with Gasteiger partial charge in [-0.1, -0.05) is 28.9 Å². The van der Waals surface area contributed by atoms with E-state index in [0.29, 0.717) is 23.9 Å². The van der Waals surface area contributed by atoms with E-state index in [1.54, 1.807) is 16.9 Å². The lowest BCUT2D eigenvalue weighted by Crippen LogP contribution is -2.06. The third-order valence-corrected chi connectivity index (χ3v) is 2.77. The van der Waals surface area contributed by atoms with E-state index in [-0.39, 0.29) is 0 Å². The second-order valence-corrected chi connectivity index (χ2v) is 4.35. The number of nitrogens with two attached hydrogens (primary N) is 1. The summed E-state index contributed by atoms with van der Waals surface area (Å²) in [4.78, 5) is 0. The van der Waals surface area contributed by atoms with Crippen LogP contribution in [0.15, 0.2) is 24.4 Å². The number of para-hydroxylation sites is 1. The Balaban J connectivity index is 2.12. The van der Waals surface area contributed by atoms with E-state index in [1.165, 1.54) is 0 Å². The molecule has 0 fully saturated rings. The molecule has 0 aliphatic rings. The highest BCUT2D eigenvalue weighted by molar-refractivity contribution is 6.32. The monoisotopic (exact) mass is 266 g/mol. The lowest BCUT2D eigenvalue weighted by Gasteiger charge is -2.11. The maximum atomic E-state index is 6.13. The van der Waals surface area contributed by atoms with Crippen molar-refractivity contribution in [2.45, 2.75) is 13.0 Å². The van der Waals surface area contributed by atoms with Crippen LogP contribution in [-0.2, 0) is 20.1 Å². The molecular weight excluding hydrogens is 252 g/mol. The Morgan fingerprint density at radius 1 is 1.44 bits per heavy atom. The number of nitrogens with zero attached hydrogens (tertiary/aromatic N) is 3. The van der Waals surface area contributed by atoms with Gasteiger partial charge in [-0.05, 0) is 24.6 Å². The summed E-state index contributed by atoms with van der Waals surface area (Å²) >= 11 is 6.13. The van der Waals surface area contributed by atoms with E-state index in [2.05, 4.69) is 10.3 Å². The van der Waals surface area contributed by atoms with Gasteiger partial charge in [-0.3, -0.25) is 4.68 Å². The van der Waals surface area contributed by atoms with Crippen LogP contribution in [-0.4, -0.2) is 21.5 Å². The van der Waals surface area contributed by atoms with Gasteiger partial charge < -0.3 is 10.5 Å².